The topological polar surface area (TPSA) is 64.5 Å². The van der Waals surface area contributed by atoms with Crippen LogP contribution in [-0.4, -0.2) is 19.2 Å². The van der Waals surface area contributed by atoms with Gasteiger partial charge in [-0.15, -0.1) is 0 Å². The molecule has 3 rings (SSSR count). The third kappa shape index (κ3) is 3.56. The number of fused-ring (bicyclic) bond motifs is 2. The normalized spacial score (nSPS) is 16.3. The molecule has 2 aromatic carbocycles. The molecular weight excluding hydrogens is 322 g/mol. The second-order valence-corrected chi connectivity index (χ2v) is 6.99. The fraction of sp³-hybridized carbons (Fsp3) is 0.364. The lowest BCUT2D eigenvalue weighted by Crippen LogP contribution is -2.28. The lowest BCUT2D eigenvalue weighted by atomic mass is 9.88. The Morgan fingerprint density at radius 3 is 2.38 bits per heavy atom. The van der Waals surface area contributed by atoms with Gasteiger partial charge in [0.25, 0.3) is 0 Å². The van der Waals surface area contributed by atoms with Crippen LogP contribution in [0.5, 0.6) is 5.75 Å². The molecule has 0 radical (unpaired) electrons. The van der Waals surface area contributed by atoms with Gasteiger partial charge in [-0.2, -0.15) is 0 Å². The van der Waals surface area contributed by atoms with E-state index in [2.05, 4.69) is 31.2 Å². The molecule has 0 spiro atoms. The molecule has 4 N–H and O–H groups in total. The van der Waals surface area contributed by atoms with Crippen LogP contribution in [0.1, 0.15) is 47.6 Å². The van der Waals surface area contributed by atoms with Crippen molar-refractivity contribution in [1.82, 2.24) is 5.01 Å². The van der Waals surface area contributed by atoms with E-state index < -0.39 is 0 Å². The molecule has 0 aliphatic heterocycles. The number of benzene rings is 2. The minimum absolute atomic E-state index is 0.718. The van der Waals surface area contributed by atoms with Gasteiger partial charge in [0.05, 0.1) is 18.5 Å². The van der Waals surface area contributed by atoms with Gasteiger partial charge in [-0.3, -0.25) is 0 Å². The van der Waals surface area contributed by atoms with E-state index >= 15 is 0 Å². The Labute approximate surface area is 156 Å². The highest BCUT2D eigenvalue weighted by Gasteiger charge is 2.21. The van der Waals surface area contributed by atoms with Crippen LogP contribution in [0, 0.1) is 0 Å². The van der Waals surface area contributed by atoms with E-state index in [-0.39, 0.29) is 0 Å². The zero-order valence-electron chi connectivity index (χ0n) is 16.0. The molecule has 0 saturated heterocycles. The van der Waals surface area contributed by atoms with Crippen LogP contribution in [0.2, 0.25) is 0 Å². The van der Waals surface area contributed by atoms with Crippen molar-refractivity contribution in [2.24, 2.45) is 11.6 Å². The summed E-state index contributed by atoms with van der Waals surface area (Å²) in [5.41, 5.74) is 14.3. The van der Waals surface area contributed by atoms with Crippen LogP contribution in [0.3, 0.4) is 0 Å². The van der Waals surface area contributed by atoms with Crippen molar-refractivity contribution in [3.8, 4) is 5.75 Å². The fourth-order valence-corrected chi connectivity index (χ4v) is 3.71. The van der Waals surface area contributed by atoms with Gasteiger partial charge >= 0.3 is 0 Å². The molecule has 4 heteroatoms. The third-order valence-corrected chi connectivity index (χ3v) is 5.12. The zero-order valence-corrected chi connectivity index (χ0v) is 16.0. The molecule has 0 saturated carbocycles. The van der Waals surface area contributed by atoms with Gasteiger partial charge in [-0.05, 0) is 60.6 Å². The number of rotatable bonds is 5. The molecular formula is C22H29N3O. The molecule has 138 valence electrons. The molecule has 0 bridgehead atoms. The Morgan fingerprint density at radius 2 is 1.73 bits per heavy atom. The molecule has 26 heavy (non-hydrogen) atoms. The number of methoxy groups -OCH3 is 1. The molecule has 0 heterocycles. The van der Waals surface area contributed by atoms with E-state index in [0.29, 0.717) is 0 Å². The molecule has 2 aromatic rings. The third-order valence-electron chi connectivity index (χ3n) is 5.12. The van der Waals surface area contributed by atoms with Crippen LogP contribution < -0.4 is 16.3 Å². The Balaban J connectivity index is 2.14. The molecule has 1 aliphatic carbocycles. The number of ether oxygens (including phenoxy) is 1. The first-order valence-electron chi connectivity index (χ1n) is 9.32. The van der Waals surface area contributed by atoms with E-state index in [1.54, 1.807) is 12.1 Å². The quantitative estimate of drug-likeness (QED) is 0.636. The summed E-state index contributed by atoms with van der Waals surface area (Å²) in [5, 5.41) is 1.64. The van der Waals surface area contributed by atoms with Crippen molar-refractivity contribution < 1.29 is 4.74 Å². The van der Waals surface area contributed by atoms with Crippen molar-refractivity contribution in [1.29, 1.82) is 0 Å². The van der Waals surface area contributed by atoms with Gasteiger partial charge in [0.2, 0.25) is 0 Å². The summed E-state index contributed by atoms with van der Waals surface area (Å²) in [6.45, 7) is 2.23. The Kier molecular flexibility index (Phi) is 5.52. The summed E-state index contributed by atoms with van der Waals surface area (Å²) in [6.07, 6.45) is 5.41. The minimum atomic E-state index is 0.718. The zero-order chi connectivity index (χ0) is 18.7. The number of nitrogens with two attached hydrogens (primary N) is 2. The maximum absolute atomic E-state index is 6.60. The van der Waals surface area contributed by atoms with Crippen molar-refractivity contribution >= 4 is 11.4 Å². The van der Waals surface area contributed by atoms with E-state index in [4.69, 9.17) is 16.3 Å². The first-order chi connectivity index (χ1) is 12.5. The summed E-state index contributed by atoms with van der Waals surface area (Å²) in [4.78, 5) is 0. The molecule has 1 aliphatic rings. The number of aryl methyl sites for hydroxylation is 3. The summed E-state index contributed by atoms with van der Waals surface area (Å²) in [5.74, 6) is 7.05. The molecule has 0 fully saturated rings. The highest BCUT2D eigenvalue weighted by Crippen LogP contribution is 2.34. The maximum atomic E-state index is 6.60. The highest BCUT2D eigenvalue weighted by atomic mass is 16.5. The number of hydrogen-bond donors (Lipinski definition) is 2. The first-order valence-corrected chi connectivity index (χ1v) is 9.32. The van der Waals surface area contributed by atoms with E-state index in [0.717, 1.165) is 47.5 Å². The predicted molar refractivity (Wildman–Crippen MR) is 108 cm³/mol. The Bertz CT molecular complexity index is 824. The second kappa shape index (κ2) is 7.83. The van der Waals surface area contributed by atoms with Gasteiger partial charge in [-0.1, -0.05) is 31.5 Å². The molecule has 4 nitrogen and oxygen atoms in total. The van der Waals surface area contributed by atoms with E-state index in [1.165, 1.54) is 29.5 Å². The van der Waals surface area contributed by atoms with Gasteiger partial charge in [0.15, 0.2) is 0 Å². The van der Waals surface area contributed by atoms with Crippen molar-refractivity contribution in [2.75, 3.05) is 14.2 Å². The summed E-state index contributed by atoms with van der Waals surface area (Å²) >= 11 is 0. The van der Waals surface area contributed by atoms with Crippen LogP contribution in [-0.2, 0) is 19.3 Å². The predicted octanol–water partition coefficient (Wildman–Crippen LogP) is 3.73. The van der Waals surface area contributed by atoms with Gasteiger partial charge in [0.1, 0.15) is 5.75 Å². The second-order valence-electron chi connectivity index (χ2n) is 6.99. The van der Waals surface area contributed by atoms with Gasteiger partial charge in [0, 0.05) is 18.2 Å². The fourth-order valence-electron chi connectivity index (χ4n) is 3.71. The maximum Gasteiger partial charge on any atom is 0.119 e. The first kappa shape index (κ1) is 18.3. The summed E-state index contributed by atoms with van der Waals surface area (Å²) < 4.78 is 5.40. The molecule has 0 atom stereocenters. The summed E-state index contributed by atoms with van der Waals surface area (Å²) in [6, 6.07) is 12.8. The van der Waals surface area contributed by atoms with E-state index in [1.807, 2.05) is 19.2 Å². The van der Waals surface area contributed by atoms with Gasteiger partial charge < -0.3 is 15.5 Å². The monoisotopic (exact) mass is 351 g/mol. The number of hydrazine groups is 1. The lowest BCUT2D eigenvalue weighted by molar-refractivity contribution is 0.414. The van der Waals surface area contributed by atoms with Crippen LogP contribution >= 0.6 is 0 Å². The number of unbranched alkanes of at least 4 members (excludes halogenated alkanes) is 1. The van der Waals surface area contributed by atoms with Crippen LogP contribution in [0.4, 0.5) is 0 Å². The average molecular weight is 351 g/mol. The molecule has 0 amide bonds. The van der Waals surface area contributed by atoms with Gasteiger partial charge in [-0.25, -0.2) is 5.84 Å². The number of hydrogen-bond acceptors (Lipinski definition) is 4. The van der Waals surface area contributed by atoms with Crippen molar-refractivity contribution in [2.45, 2.75) is 39.0 Å². The Morgan fingerprint density at radius 1 is 1.04 bits per heavy atom. The number of nitrogens with zero attached hydrogens (tertiary/aromatic N) is 1. The van der Waals surface area contributed by atoms with E-state index in [9.17, 15) is 0 Å². The van der Waals surface area contributed by atoms with Crippen LogP contribution in [0.15, 0.2) is 36.4 Å². The lowest BCUT2D eigenvalue weighted by Gasteiger charge is -2.26. The van der Waals surface area contributed by atoms with Crippen molar-refractivity contribution in [3.05, 3.63) is 64.2 Å². The smallest absolute Gasteiger partial charge is 0.119 e. The largest absolute Gasteiger partial charge is 0.497 e. The standard InChI is InChI=1S/C22H29N3O/c1-4-5-6-15-7-11-20-16(13-15)8-9-17-14-18(26-3)10-12-19(17)21(23)22(20)25(2)24/h7,10-14H,4-6,8-9,23-24H2,1-3H3/b22-21-. The average Bonchev–Trinajstić information content (AvgIpc) is 2.64. The minimum Gasteiger partial charge on any atom is -0.497 e. The Hall–Kier alpha value is -2.46. The van der Waals surface area contributed by atoms with Crippen molar-refractivity contribution in [3.63, 3.8) is 0 Å². The summed E-state index contributed by atoms with van der Waals surface area (Å²) in [7, 11) is 3.54. The molecule has 0 unspecified atom stereocenters. The van der Waals surface area contributed by atoms with Crippen LogP contribution in [0.25, 0.3) is 11.4 Å². The molecule has 0 aromatic heterocycles. The SMILES string of the molecule is CCCCc1ccc2c(c1)CCc1cc(OC)ccc1/C(N)=C\2N(C)N. The highest BCUT2D eigenvalue weighted by molar-refractivity contribution is 5.90.